The van der Waals surface area contributed by atoms with Gasteiger partial charge >= 0.3 is 0 Å². The lowest BCUT2D eigenvalue weighted by Crippen LogP contribution is -2.55. The second kappa shape index (κ2) is 7.98. The molecule has 0 spiro atoms. The molecule has 1 aromatic carbocycles. The molecule has 1 unspecified atom stereocenters. The van der Waals surface area contributed by atoms with Crippen LogP contribution in [-0.4, -0.2) is 49.1 Å². The molecule has 0 radical (unpaired) electrons. The number of nitrogens with zero attached hydrogens (tertiary/aromatic N) is 1. The normalized spacial score (nSPS) is 17.6. The zero-order valence-corrected chi connectivity index (χ0v) is 16.6. The van der Waals surface area contributed by atoms with Gasteiger partial charge in [0.05, 0.1) is 14.2 Å². The van der Waals surface area contributed by atoms with Crippen LogP contribution in [0, 0.1) is 6.92 Å². The molecule has 0 aromatic heterocycles. The van der Waals surface area contributed by atoms with Crippen molar-refractivity contribution < 1.29 is 19.1 Å². The van der Waals surface area contributed by atoms with Crippen LogP contribution in [0.25, 0.3) is 0 Å². The summed E-state index contributed by atoms with van der Waals surface area (Å²) in [7, 11) is 3.13. The second-order valence-electron chi connectivity index (χ2n) is 7.76. The average molecular weight is 362 g/mol. The van der Waals surface area contributed by atoms with E-state index >= 15 is 0 Å². The van der Waals surface area contributed by atoms with Crippen molar-refractivity contribution in [2.45, 2.75) is 58.5 Å². The summed E-state index contributed by atoms with van der Waals surface area (Å²) >= 11 is 0. The molecule has 1 aliphatic rings. The summed E-state index contributed by atoms with van der Waals surface area (Å²) in [5, 5.41) is 3.00. The zero-order valence-electron chi connectivity index (χ0n) is 16.6. The monoisotopic (exact) mass is 362 g/mol. The molecule has 1 N–H and O–H groups in total. The highest BCUT2D eigenvalue weighted by Crippen LogP contribution is 2.31. The van der Waals surface area contributed by atoms with Crippen LogP contribution in [0.2, 0.25) is 0 Å². The molecular weight excluding hydrogens is 332 g/mol. The SMILES string of the molecule is COc1cc(C(=O)N2CCCCC2C(=O)NC(C)(C)C)cc(OC)c1C. The predicted octanol–water partition coefficient (Wildman–Crippen LogP) is 2.92. The van der Waals surface area contributed by atoms with Crippen molar-refractivity contribution in [2.24, 2.45) is 0 Å². The number of rotatable bonds is 4. The van der Waals surface area contributed by atoms with E-state index in [2.05, 4.69) is 5.32 Å². The lowest BCUT2D eigenvalue weighted by atomic mass is 9.98. The van der Waals surface area contributed by atoms with Crippen molar-refractivity contribution in [2.75, 3.05) is 20.8 Å². The van der Waals surface area contributed by atoms with E-state index in [1.54, 1.807) is 31.3 Å². The van der Waals surface area contributed by atoms with Crippen LogP contribution in [0.1, 0.15) is 56.0 Å². The van der Waals surface area contributed by atoms with E-state index in [0.717, 1.165) is 18.4 Å². The molecule has 144 valence electrons. The molecule has 1 saturated heterocycles. The highest BCUT2D eigenvalue weighted by molar-refractivity contribution is 5.98. The Bertz CT molecular complexity index is 654. The number of ether oxygens (including phenoxy) is 2. The maximum absolute atomic E-state index is 13.2. The van der Waals surface area contributed by atoms with Crippen LogP contribution in [0.3, 0.4) is 0 Å². The highest BCUT2D eigenvalue weighted by atomic mass is 16.5. The van der Waals surface area contributed by atoms with Crippen LogP contribution in [-0.2, 0) is 4.79 Å². The number of hydrogen-bond acceptors (Lipinski definition) is 4. The number of carbonyl (C=O) groups is 2. The molecule has 0 aliphatic carbocycles. The van der Waals surface area contributed by atoms with Gasteiger partial charge in [0.15, 0.2) is 0 Å². The van der Waals surface area contributed by atoms with Crippen LogP contribution >= 0.6 is 0 Å². The molecule has 1 aromatic rings. The van der Waals surface area contributed by atoms with E-state index in [1.807, 2.05) is 27.7 Å². The molecule has 1 fully saturated rings. The molecule has 1 aliphatic heterocycles. The molecule has 26 heavy (non-hydrogen) atoms. The van der Waals surface area contributed by atoms with E-state index in [0.29, 0.717) is 30.0 Å². The largest absolute Gasteiger partial charge is 0.496 e. The van der Waals surface area contributed by atoms with Crippen molar-refractivity contribution in [3.63, 3.8) is 0 Å². The standard InChI is InChI=1S/C20H30N2O4/c1-13-16(25-5)11-14(12-17(13)26-6)19(24)22-10-8-7-9-15(22)18(23)21-20(2,3)4/h11-12,15H,7-10H2,1-6H3,(H,21,23). The van der Waals surface area contributed by atoms with Crippen LogP contribution in [0.4, 0.5) is 0 Å². The minimum absolute atomic E-state index is 0.100. The summed E-state index contributed by atoms with van der Waals surface area (Å²) < 4.78 is 10.8. The molecule has 0 bridgehead atoms. The number of likely N-dealkylation sites (tertiary alicyclic amines) is 1. The maximum Gasteiger partial charge on any atom is 0.254 e. The molecule has 2 amide bonds. The summed E-state index contributed by atoms with van der Waals surface area (Å²) in [6.07, 6.45) is 2.51. The Morgan fingerprint density at radius 1 is 1.12 bits per heavy atom. The van der Waals surface area contributed by atoms with E-state index in [-0.39, 0.29) is 17.4 Å². The van der Waals surface area contributed by atoms with Crippen molar-refractivity contribution in [3.8, 4) is 11.5 Å². The Balaban J connectivity index is 2.32. The first-order chi connectivity index (χ1) is 12.2. The minimum Gasteiger partial charge on any atom is -0.496 e. The number of piperidine rings is 1. The molecule has 1 heterocycles. The topological polar surface area (TPSA) is 67.9 Å². The first-order valence-corrected chi connectivity index (χ1v) is 9.03. The van der Waals surface area contributed by atoms with Gasteiger partial charge in [-0.15, -0.1) is 0 Å². The number of methoxy groups -OCH3 is 2. The third-order valence-corrected chi connectivity index (χ3v) is 4.56. The predicted molar refractivity (Wildman–Crippen MR) is 101 cm³/mol. The number of carbonyl (C=O) groups excluding carboxylic acids is 2. The Kier molecular flexibility index (Phi) is 6.16. The smallest absolute Gasteiger partial charge is 0.254 e. The fourth-order valence-electron chi connectivity index (χ4n) is 3.28. The first kappa shape index (κ1) is 20.1. The van der Waals surface area contributed by atoms with Crippen LogP contribution < -0.4 is 14.8 Å². The molecule has 1 atom stereocenters. The summed E-state index contributed by atoms with van der Waals surface area (Å²) in [5.74, 6) is 0.924. The van der Waals surface area contributed by atoms with E-state index in [4.69, 9.17) is 9.47 Å². The molecule has 6 heteroatoms. The van der Waals surface area contributed by atoms with Gasteiger partial charge in [0, 0.05) is 23.2 Å². The van der Waals surface area contributed by atoms with Crippen molar-refractivity contribution in [3.05, 3.63) is 23.3 Å². The van der Waals surface area contributed by atoms with Gasteiger partial charge in [-0.2, -0.15) is 0 Å². The van der Waals surface area contributed by atoms with Gasteiger partial charge in [-0.25, -0.2) is 0 Å². The lowest BCUT2D eigenvalue weighted by molar-refractivity contribution is -0.128. The van der Waals surface area contributed by atoms with Gasteiger partial charge in [0.25, 0.3) is 5.91 Å². The fourth-order valence-corrected chi connectivity index (χ4v) is 3.28. The van der Waals surface area contributed by atoms with Crippen LogP contribution in [0.15, 0.2) is 12.1 Å². The van der Waals surface area contributed by atoms with Gasteiger partial charge in [0.1, 0.15) is 17.5 Å². The third kappa shape index (κ3) is 4.48. The second-order valence-corrected chi connectivity index (χ2v) is 7.76. The minimum atomic E-state index is -0.450. The number of amides is 2. The van der Waals surface area contributed by atoms with Crippen LogP contribution in [0.5, 0.6) is 11.5 Å². The number of hydrogen-bond donors (Lipinski definition) is 1. The fraction of sp³-hybridized carbons (Fsp3) is 0.600. The number of nitrogens with one attached hydrogen (secondary N) is 1. The lowest BCUT2D eigenvalue weighted by Gasteiger charge is -2.36. The highest BCUT2D eigenvalue weighted by Gasteiger charge is 2.34. The van der Waals surface area contributed by atoms with E-state index < -0.39 is 6.04 Å². The molecular formula is C20H30N2O4. The van der Waals surface area contributed by atoms with Gasteiger partial charge in [0.2, 0.25) is 5.91 Å². The quantitative estimate of drug-likeness (QED) is 0.894. The van der Waals surface area contributed by atoms with Gasteiger partial charge in [-0.3, -0.25) is 9.59 Å². The first-order valence-electron chi connectivity index (χ1n) is 9.03. The Morgan fingerprint density at radius 3 is 2.19 bits per heavy atom. The average Bonchev–Trinajstić information content (AvgIpc) is 2.59. The molecule has 0 saturated carbocycles. The maximum atomic E-state index is 13.2. The Morgan fingerprint density at radius 2 is 1.69 bits per heavy atom. The summed E-state index contributed by atoms with van der Waals surface area (Å²) in [4.78, 5) is 27.5. The Labute approximate surface area is 155 Å². The number of benzene rings is 1. The molecule has 2 rings (SSSR count). The summed E-state index contributed by atoms with van der Waals surface area (Å²) in [5.41, 5.74) is 0.978. The van der Waals surface area contributed by atoms with Gasteiger partial charge in [-0.05, 0) is 59.1 Å². The van der Waals surface area contributed by atoms with Crippen molar-refractivity contribution >= 4 is 11.8 Å². The third-order valence-electron chi connectivity index (χ3n) is 4.56. The zero-order chi connectivity index (χ0) is 19.5. The van der Waals surface area contributed by atoms with Crippen molar-refractivity contribution in [1.29, 1.82) is 0 Å². The van der Waals surface area contributed by atoms with E-state index in [1.165, 1.54) is 0 Å². The summed E-state index contributed by atoms with van der Waals surface area (Å²) in [6.45, 7) is 8.27. The van der Waals surface area contributed by atoms with E-state index in [9.17, 15) is 9.59 Å². The Hall–Kier alpha value is -2.24. The van der Waals surface area contributed by atoms with Gasteiger partial charge < -0.3 is 19.7 Å². The molecule has 6 nitrogen and oxygen atoms in total. The van der Waals surface area contributed by atoms with Gasteiger partial charge in [-0.1, -0.05) is 0 Å². The van der Waals surface area contributed by atoms with Crippen molar-refractivity contribution in [1.82, 2.24) is 10.2 Å². The summed E-state index contributed by atoms with van der Waals surface area (Å²) in [6, 6.07) is 2.98.